The minimum Gasteiger partial charge on any atom is -0.444 e. The standard InChI is InChI=1S/C15H14N2O3S/c16-14(18)13-10(6-7-21-13)8-12-9-17(15(19)20-12)11-4-2-1-3-5-11/h1-7,12H,8-9H2,(H2,16,18). The maximum atomic E-state index is 11.9. The molecule has 3 rings (SSSR count). The van der Waals surface area contributed by atoms with E-state index in [0.29, 0.717) is 17.8 Å². The van der Waals surface area contributed by atoms with Crippen LogP contribution in [-0.2, 0) is 11.2 Å². The van der Waals surface area contributed by atoms with Crippen LogP contribution in [0.2, 0.25) is 0 Å². The number of hydrogen-bond acceptors (Lipinski definition) is 4. The monoisotopic (exact) mass is 302 g/mol. The minimum atomic E-state index is -0.441. The number of primary amides is 1. The molecule has 0 bridgehead atoms. The van der Waals surface area contributed by atoms with Crippen molar-refractivity contribution in [2.24, 2.45) is 5.73 Å². The van der Waals surface area contributed by atoms with Gasteiger partial charge in [-0.25, -0.2) is 4.79 Å². The zero-order chi connectivity index (χ0) is 14.8. The highest BCUT2D eigenvalue weighted by atomic mass is 32.1. The Kier molecular flexibility index (Phi) is 3.62. The van der Waals surface area contributed by atoms with Crippen LogP contribution < -0.4 is 10.6 Å². The van der Waals surface area contributed by atoms with Crippen molar-refractivity contribution in [1.82, 2.24) is 0 Å². The van der Waals surface area contributed by atoms with Gasteiger partial charge in [0.2, 0.25) is 0 Å². The van der Waals surface area contributed by atoms with Gasteiger partial charge in [-0.15, -0.1) is 11.3 Å². The normalized spacial score (nSPS) is 17.8. The largest absolute Gasteiger partial charge is 0.444 e. The van der Waals surface area contributed by atoms with Crippen LogP contribution in [0.15, 0.2) is 41.8 Å². The highest BCUT2D eigenvalue weighted by Crippen LogP contribution is 2.25. The van der Waals surface area contributed by atoms with Crippen LogP contribution in [0, 0.1) is 0 Å². The Bertz CT molecular complexity index is 669. The Hall–Kier alpha value is -2.34. The van der Waals surface area contributed by atoms with Crippen LogP contribution in [0.3, 0.4) is 0 Å². The molecule has 2 amide bonds. The van der Waals surface area contributed by atoms with E-state index in [2.05, 4.69) is 0 Å². The smallest absolute Gasteiger partial charge is 0.414 e. The average molecular weight is 302 g/mol. The summed E-state index contributed by atoms with van der Waals surface area (Å²) in [5, 5.41) is 1.82. The number of carbonyl (C=O) groups excluding carboxylic acids is 2. The van der Waals surface area contributed by atoms with Crippen molar-refractivity contribution < 1.29 is 14.3 Å². The molecule has 6 heteroatoms. The summed E-state index contributed by atoms with van der Waals surface area (Å²) >= 11 is 1.31. The molecule has 0 radical (unpaired) electrons. The zero-order valence-corrected chi connectivity index (χ0v) is 12.0. The van der Waals surface area contributed by atoms with Gasteiger partial charge in [-0.1, -0.05) is 18.2 Å². The van der Waals surface area contributed by atoms with Crippen LogP contribution in [-0.4, -0.2) is 24.6 Å². The zero-order valence-electron chi connectivity index (χ0n) is 11.2. The van der Waals surface area contributed by atoms with Gasteiger partial charge in [0, 0.05) is 12.1 Å². The van der Waals surface area contributed by atoms with E-state index in [1.54, 1.807) is 4.90 Å². The Labute approximate surface area is 125 Å². The van der Waals surface area contributed by atoms with Crippen molar-refractivity contribution in [3.05, 3.63) is 52.2 Å². The number of para-hydroxylation sites is 1. The second kappa shape index (κ2) is 5.57. The van der Waals surface area contributed by atoms with Crippen molar-refractivity contribution in [3.63, 3.8) is 0 Å². The van der Waals surface area contributed by atoms with E-state index in [9.17, 15) is 9.59 Å². The van der Waals surface area contributed by atoms with Crippen LogP contribution in [0.4, 0.5) is 10.5 Å². The van der Waals surface area contributed by atoms with Gasteiger partial charge in [0.15, 0.2) is 0 Å². The number of carbonyl (C=O) groups is 2. The number of cyclic esters (lactones) is 1. The lowest BCUT2D eigenvalue weighted by Crippen LogP contribution is -2.25. The summed E-state index contributed by atoms with van der Waals surface area (Å²) in [5.74, 6) is -0.441. The van der Waals surface area contributed by atoms with Gasteiger partial charge in [0.1, 0.15) is 6.10 Å². The SMILES string of the molecule is NC(=O)c1sccc1CC1CN(c2ccccc2)C(=O)O1. The third-order valence-electron chi connectivity index (χ3n) is 3.36. The Morgan fingerprint density at radius 1 is 1.33 bits per heavy atom. The number of anilines is 1. The molecule has 1 saturated heterocycles. The molecule has 0 spiro atoms. The molecule has 2 aromatic rings. The van der Waals surface area contributed by atoms with E-state index < -0.39 is 5.91 Å². The highest BCUT2D eigenvalue weighted by Gasteiger charge is 2.33. The molecule has 1 aliphatic rings. The predicted molar refractivity (Wildman–Crippen MR) is 80.6 cm³/mol. The van der Waals surface area contributed by atoms with Gasteiger partial charge < -0.3 is 10.5 Å². The molecular formula is C15H14N2O3S. The van der Waals surface area contributed by atoms with Gasteiger partial charge >= 0.3 is 6.09 Å². The van der Waals surface area contributed by atoms with E-state index in [1.807, 2.05) is 41.8 Å². The third-order valence-corrected chi connectivity index (χ3v) is 4.33. The molecule has 1 unspecified atom stereocenters. The first kappa shape index (κ1) is 13.6. The summed E-state index contributed by atoms with van der Waals surface area (Å²) in [6.07, 6.45) is -0.135. The molecule has 5 nitrogen and oxygen atoms in total. The summed E-state index contributed by atoms with van der Waals surface area (Å²) in [6, 6.07) is 11.2. The van der Waals surface area contributed by atoms with Crippen LogP contribution >= 0.6 is 11.3 Å². The van der Waals surface area contributed by atoms with Crippen molar-refractivity contribution in [3.8, 4) is 0 Å². The fourth-order valence-corrected chi connectivity index (χ4v) is 3.19. The molecular weight excluding hydrogens is 288 g/mol. The third kappa shape index (κ3) is 2.75. The molecule has 1 aromatic heterocycles. The first-order chi connectivity index (χ1) is 10.1. The van der Waals surface area contributed by atoms with Gasteiger partial charge in [-0.05, 0) is 29.1 Å². The molecule has 0 saturated carbocycles. The predicted octanol–water partition coefficient (Wildman–Crippen LogP) is 2.41. The highest BCUT2D eigenvalue weighted by molar-refractivity contribution is 7.12. The summed E-state index contributed by atoms with van der Waals surface area (Å²) in [6.45, 7) is 0.469. The fourth-order valence-electron chi connectivity index (χ4n) is 2.40. The number of nitrogens with two attached hydrogens (primary N) is 1. The van der Waals surface area contributed by atoms with Crippen molar-refractivity contribution in [1.29, 1.82) is 0 Å². The van der Waals surface area contributed by atoms with E-state index in [0.717, 1.165) is 11.3 Å². The number of rotatable bonds is 4. The lowest BCUT2D eigenvalue weighted by atomic mass is 10.1. The molecule has 21 heavy (non-hydrogen) atoms. The average Bonchev–Trinajstić information content (AvgIpc) is 3.07. The molecule has 1 atom stereocenters. The molecule has 2 heterocycles. The van der Waals surface area contributed by atoms with Gasteiger partial charge in [0.05, 0.1) is 11.4 Å². The maximum absolute atomic E-state index is 11.9. The summed E-state index contributed by atoms with van der Waals surface area (Å²) in [5.41, 5.74) is 6.98. The molecule has 1 aromatic carbocycles. The van der Waals surface area contributed by atoms with Crippen molar-refractivity contribution >= 4 is 29.0 Å². The molecule has 108 valence electrons. The van der Waals surface area contributed by atoms with Crippen molar-refractivity contribution in [2.45, 2.75) is 12.5 Å². The van der Waals surface area contributed by atoms with E-state index in [1.165, 1.54) is 11.3 Å². The lowest BCUT2D eigenvalue weighted by molar-refractivity contribution is 0.100. The second-order valence-corrected chi connectivity index (χ2v) is 5.71. The molecule has 1 aliphatic heterocycles. The quantitative estimate of drug-likeness (QED) is 0.942. The Balaban J connectivity index is 1.73. The Morgan fingerprint density at radius 2 is 2.10 bits per heavy atom. The van der Waals surface area contributed by atoms with Gasteiger partial charge in [0.25, 0.3) is 5.91 Å². The molecule has 1 fully saturated rings. The molecule has 2 N–H and O–H groups in total. The number of amides is 2. The van der Waals surface area contributed by atoms with Gasteiger partial charge in [-0.2, -0.15) is 0 Å². The minimum absolute atomic E-state index is 0.273. The Morgan fingerprint density at radius 3 is 2.81 bits per heavy atom. The number of hydrogen-bond donors (Lipinski definition) is 1. The first-order valence-corrected chi connectivity index (χ1v) is 7.42. The van der Waals surface area contributed by atoms with E-state index >= 15 is 0 Å². The number of nitrogens with zero attached hydrogens (tertiary/aromatic N) is 1. The van der Waals surface area contributed by atoms with Crippen LogP contribution in [0.1, 0.15) is 15.2 Å². The van der Waals surface area contributed by atoms with E-state index in [4.69, 9.17) is 10.5 Å². The second-order valence-electron chi connectivity index (χ2n) is 4.80. The number of benzene rings is 1. The molecule has 0 aliphatic carbocycles. The van der Waals surface area contributed by atoms with Gasteiger partial charge in [-0.3, -0.25) is 9.69 Å². The van der Waals surface area contributed by atoms with Crippen LogP contribution in [0.25, 0.3) is 0 Å². The summed E-state index contributed by atoms with van der Waals surface area (Å²) in [4.78, 5) is 25.4. The van der Waals surface area contributed by atoms with Crippen LogP contribution in [0.5, 0.6) is 0 Å². The van der Waals surface area contributed by atoms with Crippen molar-refractivity contribution in [2.75, 3.05) is 11.4 Å². The first-order valence-electron chi connectivity index (χ1n) is 6.54. The van der Waals surface area contributed by atoms with E-state index in [-0.39, 0.29) is 12.2 Å². The summed E-state index contributed by atoms with van der Waals surface area (Å²) < 4.78 is 5.38. The fraction of sp³-hybridized carbons (Fsp3) is 0.200. The lowest BCUT2D eigenvalue weighted by Gasteiger charge is -2.12. The maximum Gasteiger partial charge on any atom is 0.414 e. The number of ether oxygens (including phenoxy) is 1. The topological polar surface area (TPSA) is 72.6 Å². The number of thiophene rings is 1. The summed E-state index contributed by atoms with van der Waals surface area (Å²) in [7, 11) is 0.